The van der Waals surface area contributed by atoms with Gasteiger partial charge in [-0.2, -0.15) is 4.31 Å². The first kappa shape index (κ1) is 20.9. The second kappa shape index (κ2) is 9.01. The van der Waals surface area contributed by atoms with Crippen molar-refractivity contribution in [1.29, 1.82) is 0 Å². The number of rotatable bonds is 8. The van der Waals surface area contributed by atoms with E-state index in [1.54, 1.807) is 12.1 Å². The van der Waals surface area contributed by atoms with E-state index in [0.717, 1.165) is 15.4 Å². The number of nitrogens with one attached hydrogen (secondary N) is 1. The topological polar surface area (TPSA) is 75.7 Å². The van der Waals surface area contributed by atoms with E-state index in [1.807, 2.05) is 50.2 Å². The Kier molecular flexibility index (Phi) is 6.98. The maximum absolute atomic E-state index is 13.0. The minimum Gasteiger partial charge on any atom is -0.495 e. The van der Waals surface area contributed by atoms with Gasteiger partial charge in [-0.3, -0.25) is 4.79 Å². The van der Waals surface area contributed by atoms with Gasteiger partial charge in [0.2, 0.25) is 15.9 Å². The summed E-state index contributed by atoms with van der Waals surface area (Å²) in [4.78, 5) is 12.3. The summed E-state index contributed by atoms with van der Waals surface area (Å²) in [5.74, 6) is 0.0594. The minimum absolute atomic E-state index is 0.0644. The molecule has 2 aromatic carbocycles. The fraction of sp³-hybridized carbons (Fsp3) is 0.350. The molecule has 7 heteroatoms. The highest BCUT2D eigenvalue weighted by molar-refractivity contribution is 7.89. The molecule has 0 atom stereocenters. The summed E-state index contributed by atoms with van der Waals surface area (Å²) in [7, 11) is -1.05. The molecule has 1 amide bonds. The van der Waals surface area contributed by atoms with Crippen LogP contribution < -0.4 is 10.1 Å². The molecule has 0 aromatic heterocycles. The fourth-order valence-electron chi connectivity index (χ4n) is 2.56. The number of methoxy groups -OCH3 is 1. The van der Waals surface area contributed by atoms with Crippen molar-refractivity contribution in [1.82, 2.24) is 9.62 Å². The first-order chi connectivity index (χ1) is 12.8. The van der Waals surface area contributed by atoms with Gasteiger partial charge < -0.3 is 10.1 Å². The van der Waals surface area contributed by atoms with Crippen LogP contribution in [0, 0.1) is 0 Å². The Bertz CT molecular complexity index is 880. The third-order valence-corrected chi connectivity index (χ3v) is 6.07. The lowest BCUT2D eigenvalue weighted by molar-refractivity contribution is -0.121. The molecule has 146 valence electrons. The van der Waals surface area contributed by atoms with Crippen LogP contribution in [0.3, 0.4) is 0 Å². The molecular formula is C20H26N2O4S. The smallest absolute Gasteiger partial charge is 0.246 e. The summed E-state index contributed by atoms with van der Waals surface area (Å²) >= 11 is 0. The molecule has 0 heterocycles. The van der Waals surface area contributed by atoms with Crippen LogP contribution in [0.4, 0.5) is 0 Å². The van der Waals surface area contributed by atoms with Gasteiger partial charge in [-0.05, 0) is 29.2 Å². The predicted octanol–water partition coefficient (Wildman–Crippen LogP) is 2.76. The predicted molar refractivity (Wildman–Crippen MR) is 105 cm³/mol. The molecule has 1 N–H and O–H groups in total. The average Bonchev–Trinajstić information content (AvgIpc) is 2.66. The quantitative estimate of drug-likeness (QED) is 0.752. The molecule has 27 heavy (non-hydrogen) atoms. The largest absolute Gasteiger partial charge is 0.495 e. The molecule has 0 saturated carbocycles. The number of hydrogen-bond acceptors (Lipinski definition) is 4. The maximum atomic E-state index is 13.0. The van der Waals surface area contributed by atoms with Crippen LogP contribution in [0.25, 0.3) is 0 Å². The highest BCUT2D eigenvalue weighted by atomic mass is 32.2. The van der Waals surface area contributed by atoms with E-state index in [0.29, 0.717) is 6.54 Å². The molecule has 0 radical (unpaired) electrons. The summed E-state index contributed by atoms with van der Waals surface area (Å²) in [6.07, 6.45) is 0. The summed E-state index contributed by atoms with van der Waals surface area (Å²) in [5, 5.41) is 2.74. The third kappa shape index (κ3) is 5.30. The first-order valence-corrected chi connectivity index (χ1v) is 10.1. The van der Waals surface area contributed by atoms with Crippen LogP contribution >= 0.6 is 0 Å². The van der Waals surface area contributed by atoms with Crippen molar-refractivity contribution in [3.05, 3.63) is 59.7 Å². The van der Waals surface area contributed by atoms with Crippen molar-refractivity contribution in [3.8, 4) is 5.75 Å². The monoisotopic (exact) mass is 390 g/mol. The number of ether oxygens (including phenoxy) is 1. The highest BCUT2D eigenvalue weighted by Gasteiger charge is 2.27. The van der Waals surface area contributed by atoms with Crippen LogP contribution in [0.5, 0.6) is 5.75 Å². The van der Waals surface area contributed by atoms with Crippen molar-refractivity contribution in [2.24, 2.45) is 0 Å². The Morgan fingerprint density at radius 1 is 1.15 bits per heavy atom. The molecule has 0 fully saturated rings. The molecule has 2 rings (SSSR count). The third-order valence-electron chi connectivity index (χ3n) is 4.24. The normalized spacial score (nSPS) is 11.6. The van der Waals surface area contributed by atoms with E-state index in [2.05, 4.69) is 5.32 Å². The Labute approximate surface area is 161 Å². The van der Waals surface area contributed by atoms with Gasteiger partial charge in [-0.15, -0.1) is 0 Å². The van der Waals surface area contributed by atoms with Crippen molar-refractivity contribution in [3.63, 3.8) is 0 Å². The van der Waals surface area contributed by atoms with Crippen molar-refractivity contribution in [2.75, 3.05) is 20.7 Å². The van der Waals surface area contributed by atoms with Crippen molar-refractivity contribution >= 4 is 15.9 Å². The number of nitrogens with zero attached hydrogens (tertiary/aromatic N) is 1. The maximum Gasteiger partial charge on any atom is 0.246 e. The average molecular weight is 391 g/mol. The summed E-state index contributed by atoms with van der Waals surface area (Å²) < 4.78 is 32.2. The van der Waals surface area contributed by atoms with Crippen molar-refractivity contribution in [2.45, 2.75) is 31.2 Å². The van der Waals surface area contributed by atoms with E-state index in [-0.39, 0.29) is 29.0 Å². The first-order valence-electron chi connectivity index (χ1n) is 8.70. The van der Waals surface area contributed by atoms with Crippen LogP contribution in [-0.2, 0) is 21.4 Å². The Balaban J connectivity index is 2.13. The van der Waals surface area contributed by atoms with Crippen LogP contribution in [0.1, 0.15) is 30.9 Å². The fourth-order valence-corrected chi connectivity index (χ4v) is 3.88. The van der Waals surface area contributed by atoms with E-state index < -0.39 is 10.0 Å². The molecule has 0 bridgehead atoms. The lowest BCUT2D eigenvalue weighted by Crippen LogP contribution is -2.38. The number of amides is 1. The van der Waals surface area contributed by atoms with E-state index in [1.165, 1.54) is 14.2 Å². The minimum atomic E-state index is -3.87. The van der Waals surface area contributed by atoms with Crippen molar-refractivity contribution < 1.29 is 17.9 Å². The van der Waals surface area contributed by atoms with Gasteiger partial charge in [0.25, 0.3) is 0 Å². The number of likely N-dealkylation sites (N-methyl/N-ethyl adjacent to an activating group) is 1. The van der Waals surface area contributed by atoms with Gasteiger partial charge in [0.05, 0.1) is 13.7 Å². The number of hydrogen-bond donors (Lipinski definition) is 1. The standard InChI is InChI=1S/C20H26N2O4S/c1-15(2)17-10-11-18(26-4)19(12-17)27(24,25)22(3)14-20(23)21-13-16-8-6-5-7-9-16/h5-12,15H,13-14H2,1-4H3,(H,21,23). The Hall–Kier alpha value is -2.38. The van der Waals surface area contributed by atoms with E-state index >= 15 is 0 Å². The molecule has 0 aliphatic carbocycles. The van der Waals surface area contributed by atoms with Gasteiger partial charge in [-0.25, -0.2) is 8.42 Å². The highest BCUT2D eigenvalue weighted by Crippen LogP contribution is 2.29. The summed E-state index contributed by atoms with van der Waals surface area (Å²) in [6, 6.07) is 14.5. The molecule has 0 aliphatic rings. The molecule has 6 nitrogen and oxygen atoms in total. The zero-order valence-corrected chi connectivity index (χ0v) is 16.9. The van der Waals surface area contributed by atoms with Gasteiger partial charge in [-0.1, -0.05) is 50.2 Å². The zero-order valence-electron chi connectivity index (χ0n) is 16.1. The van der Waals surface area contributed by atoms with Crippen LogP contribution in [0.15, 0.2) is 53.4 Å². The number of carbonyl (C=O) groups is 1. The van der Waals surface area contributed by atoms with E-state index in [9.17, 15) is 13.2 Å². The molecule has 0 aliphatic heterocycles. The molecule has 0 saturated heterocycles. The Morgan fingerprint density at radius 2 is 1.81 bits per heavy atom. The molecule has 0 unspecified atom stereocenters. The molecule has 0 spiro atoms. The van der Waals surface area contributed by atoms with Gasteiger partial charge in [0.15, 0.2) is 0 Å². The lowest BCUT2D eigenvalue weighted by atomic mass is 10.0. The van der Waals surface area contributed by atoms with Crippen LogP contribution in [-0.4, -0.2) is 39.3 Å². The summed E-state index contributed by atoms with van der Waals surface area (Å²) in [6.45, 7) is 4.04. The van der Waals surface area contributed by atoms with E-state index in [4.69, 9.17) is 4.74 Å². The SMILES string of the molecule is COc1ccc(C(C)C)cc1S(=O)(=O)N(C)CC(=O)NCc1ccccc1. The lowest BCUT2D eigenvalue weighted by Gasteiger charge is -2.20. The number of carbonyl (C=O) groups excluding carboxylic acids is 1. The second-order valence-corrected chi connectivity index (χ2v) is 8.60. The number of sulfonamides is 1. The second-order valence-electron chi connectivity index (χ2n) is 6.59. The zero-order chi connectivity index (χ0) is 20.0. The van der Waals surface area contributed by atoms with Crippen LogP contribution in [0.2, 0.25) is 0 Å². The van der Waals surface area contributed by atoms with Gasteiger partial charge >= 0.3 is 0 Å². The van der Waals surface area contributed by atoms with Gasteiger partial charge in [0.1, 0.15) is 10.6 Å². The summed E-state index contributed by atoms with van der Waals surface area (Å²) in [5.41, 5.74) is 1.83. The Morgan fingerprint density at radius 3 is 2.41 bits per heavy atom. The molecule has 2 aromatic rings. The molecular weight excluding hydrogens is 364 g/mol. The number of benzene rings is 2. The van der Waals surface area contributed by atoms with Gasteiger partial charge in [0, 0.05) is 13.6 Å².